The van der Waals surface area contributed by atoms with Gasteiger partial charge in [-0.2, -0.15) is 0 Å². The minimum Gasteiger partial charge on any atom is -0.444 e. The fourth-order valence-electron chi connectivity index (χ4n) is 3.48. The molecule has 1 aromatic heterocycles. The van der Waals surface area contributed by atoms with Gasteiger partial charge in [0, 0.05) is 37.8 Å². The van der Waals surface area contributed by atoms with E-state index in [1.165, 1.54) is 0 Å². The zero-order valence-electron chi connectivity index (χ0n) is 14.5. The summed E-state index contributed by atoms with van der Waals surface area (Å²) >= 11 is 0. The number of nitrogens with zero attached hydrogens (tertiary/aromatic N) is 4. The Morgan fingerprint density at radius 3 is 2.65 bits per heavy atom. The third-order valence-corrected chi connectivity index (χ3v) is 4.59. The number of aryl methyl sites for hydroxylation is 1. The third-order valence-electron chi connectivity index (χ3n) is 4.59. The van der Waals surface area contributed by atoms with Gasteiger partial charge in [-0.1, -0.05) is 0 Å². The van der Waals surface area contributed by atoms with E-state index >= 15 is 0 Å². The van der Waals surface area contributed by atoms with E-state index in [0.717, 1.165) is 50.5 Å². The lowest BCUT2D eigenvalue weighted by Gasteiger charge is -2.27. The molecule has 1 spiro atoms. The molecule has 0 aromatic carbocycles. The SMILES string of the molecule is Cc1cncc(N2CCC3(CCN(C(=O)OC(C)(C)C)C3)C2)n1. The quantitative estimate of drug-likeness (QED) is 0.796. The standard InChI is InChI=1S/C17H26N4O2/c1-13-9-18-10-14(19-13)20-7-5-17(11-20)6-8-21(12-17)15(22)23-16(2,3)4/h9-10H,5-8,11-12H2,1-4H3. The first kappa shape index (κ1) is 16.0. The Labute approximate surface area is 137 Å². The molecular weight excluding hydrogens is 292 g/mol. The second-order valence-electron chi connectivity index (χ2n) is 7.84. The van der Waals surface area contributed by atoms with Crippen molar-refractivity contribution in [1.82, 2.24) is 14.9 Å². The number of amides is 1. The second-order valence-corrected chi connectivity index (χ2v) is 7.84. The van der Waals surface area contributed by atoms with Crippen LogP contribution < -0.4 is 4.90 Å². The molecule has 2 saturated heterocycles. The third kappa shape index (κ3) is 3.57. The van der Waals surface area contributed by atoms with Crippen molar-refractivity contribution in [3.8, 4) is 0 Å². The summed E-state index contributed by atoms with van der Waals surface area (Å²) < 4.78 is 5.50. The van der Waals surface area contributed by atoms with Gasteiger partial charge in [0.05, 0.1) is 11.9 Å². The molecule has 2 aliphatic heterocycles. The maximum absolute atomic E-state index is 12.3. The number of hydrogen-bond acceptors (Lipinski definition) is 5. The van der Waals surface area contributed by atoms with Crippen molar-refractivity contribution in [2.24, 2.45) is 5.41 Å². The molecule has 6 nitrogen and oxygen atoms in total. The van der Waals surface area contributed by atoms with Crippen LogP contribution >= 0.6 is 0 Å². The van der Waals surface area contributed by atoms with Crippen molar-refractivity contribution in [3.05, 3.63) is 18.1 Å². The smallest absolute Gasteiger partial charge is 0.410 e. The fraction of sp³-hybridized carbons (Fsp3) is 0.706. The summed E-state index contributed by atoms with van der Waals surface area (Å²) in [5.74, 6) is 0.942. The molecule has 23 heavy (non-hydrogen) atoms. The van der Waals surface area contributed by atoms with Gasteiger partial charge in [0.15, 0.2) is 0 Å². The van der Waals surface area contributed by atoms with Gasteiger partial charge < -0.3 is 14.5 Å². The van der Waals surface area contributed by atoms with Gasteiger partial charge in [0.2, 0.25) is 0 Å². The first-order valence-electron chi connectivity index (χ1n) is 8.28. The van der Waals surface area contributed by atoms with Gasteiger partial charge in [-0.05, 0) is 40.5 Å². The number of likely N-dealkylation sites (tertiary alicyclic amines) is 1. The van der Waals surface area contributed by atoms with E-state index in [2.05, 4.69) is 14.9 Å². The van der Waals surface area contributed by atoms with E-state index in [1.54, 1.807) is 6.20 Å². The van der Waals surface area contributed by atoms with Gasteiger partial charge in [-0.25, -0.2) is 9.78 Å². The molecule has 0 radical (unpaired) electrons. The van der Waals surface area contributed by atoms with Crippen molar-refractivity contribution in [3.63, 3.8) is 0 Å². The number of ether oxygens (including phenoxy) is 1. The predicted molar refractivity (Wildman–Crippen MR) is 88.5 cm³/mol. The van der Waals surface area contributed by atoms with Gasteiger partial charge >= 0.3 is 6.09 Å². The molecule has 0 saturated carbocycles. The summed E-state index contributed by atoms with van der Waals surface area (Å²) in [7, 11) is 0. The Kier molecular flexibility index (Phi) is 3.94. The Bertz CT molecular complexity index is 599. The van der Waals surface area contributed by atoms with Gasteiger partial charge in [0.25, 0.3) is 0 Å². The molecule has 0 bridgehead atoms. The molecule has 1 aromatic rings. The van der Waals surface area contributed by atoms with E-state index in [1.807, 2.05) is 38.8 Å². The number of rotatable bonds is 1. The maximum atomic E-state index is 12.3. The highest BCUT2D eigenvalue weighted by atomic mass is 16.6. The Balaban J connectivity index is 1.63. The second kappa shape index (κ2) is 5.65. The van der Waals surface area contributed by atoms with Crippen LogP contribution in [0.2, 0.25) is 0 Å². The molecule has 0 N–H and O–H groups in total. The largest absolute Gasteiger partial charge is 0.444 e. The van der Waals surface area contributed by atoms with Crippen molar-refractivity contribution in [2.45, 2.75) is 46.1 Å². The number of hydrogen-bond donors (Lipinski definition) is 0. The number of carbonyl (C=O) groups excluding carboxylic acids is 1. The van der Waals surface area contributed by atoms with Crippen LogP contribution in [0.5, 0.6) is 0 Å². The van der Waals surface area contributed by atoms with Crippen LogP contribution in [0, 0.1) is 12.3 Å². The highest BCUT2D eigenvalue weighted by Crippen LogP contribution is 2.41. The Morgan fingerprint density at radius 2 is 1.96 bits per heavy atom. The zero-order chi connectivity index (χ0) is 16.7. The predicted octanol–water partition coefficient (Wildman–Crippen LogP) is 2.62. The van der Waals surface area contributed by atoms with E-state index in [9.17, 15) is 4.79 Å². The molecule has 1 atom stereocenters. The normalized spacial score (nSPS) is 24.5. The van der Waals surface area contributed by atoms with Crippen molar-refractivity contribution in [1.29, 1.82) is 0 Å². The zero-order valence-corrected chi connectivity index (χ0v) is 14.5. The summed E-state index contributed by atoms with van der Waals surface area (Å²) in [6, 6.07) is 0. The lowest BCUT2D eigenvalue weighted by Crippen LogP contribution is -2.37. The number of anilines is 1. The van der Waals surface area contributed by atoms with Gasteiger partial charge in [-0.15, -0.1) is 0 Å². The van der Waals surface area contributed by atoms with Crippen LogP contribution in [0.4, 0.5) is 10.6 Å². The van der Waals surface area contributed by atoms with Crippen LogP contribution in [0.3, 0.4) is 0 Å². The maximum Gasteiger partial charge on any atom is 0.410 e. The highest BCUT2D eigenvalue weighted by Gasteiger charge is 2.45. The van der Waals surface area contributed by atoms with Gasteiger partial charge in [0.1, 0.15) is 11.4 Å². The van der Waals surface area contributed by atoms with Crippen molar-refractivity contribution < 1.29 is 9.53 Å². The molecule has 0 aliphatic carbocycles. The average Bonchev–Trinajstić information content (AvgIpc) is 3.05. The van der Waals surface area contributed by atoms with Crippen LogP contribution in [-0.4, -0.2) is 52.7 Å². The van der Waals surface area contributed by atoms with E-state index in [4.69, 9.17) is 4.74 Å². The number of carbonyl (C=O) groups is 1. The first-order valence-corrected chi connectivity index (χ1v) is 8.28. The van der Waals surface area contributed by atoms with Crippen LogP contribution in [-0.2, 0) is 4.74 Å². The van der Waals surface area contributed by atoms with Crippen LogP contribution in [0.25, 0.3) is 0 Å². The summed E-state index contributed by atoms with van der Waals surface area (Å²) in [5, 5.41) is 0. The monoisotopic (exact) mass is 318 g/mol. The molecule has 1 amide bonds. The van der Waals surface area contributed by atoms with E-state index in [-0.39, 0.29) is 11.5 Å². The van der Waals surface area contributed by atoms with Crippen LogP contribution in [0.15, 0.2) is 12.4 Å². The van der Waals surface area contributed by atoms with Gasteiger partial charge in [-0.3, -0.25) is 4.98 Å². The molecule has 6 heteroatoms. The fourth-order valence-corrected chi connectivity index (χ4v) is 3.48. The summed E-state index contributed by atoms with van der Waals surface area (Å²) in [4.78, 5) is 25.2. The lowest BCUT2D eigenvalue weighted by molar-refractivity contribution is 0.0276. The van der Waals surface area contributed by atoms with Crippen molar-refractivity contribution in [2.75, 3.05) is 31.1 Å². The molecular formula is C17H26N4O2. The highest BCUT2D eigenvalue weighted by molar-refractivity contribution is 5.68. The molecule has 3 heterocycles. The minimum atomic E-state index is -0.439. The molecule has 126 valence electrons. The molecule has 1 unspecified atom stereocenters. The average molecular weight is 318 g/mol. The molecule has 2 fully saturated rings. The lowest BCUT2D eigenvalue weighted by atomic mass is 9.86. The number of aromatic nitrogens is 2. The topological polar surface area (TPSA) is 58.6 Å². The van der Waals surface area contributed by atoms with E-state index in [0.29, 0.717) is 0 Å². The first-order chi connectivity index (χ1) is 10.8. The summed E-state index contributed by atoms with van der Waals surface area (Å²) in [6.45, 7) is 11.1. The van der Waals surface area contributed by atoms with Crippen molar-refractivity contribution >= 4 is 11.9 Å². The molecule has 3 rings (SSSR count). The minimum absolute atomic E-state index is 0.169. The Hall–Kier alpha value is -1.85. The van der Waals surface area contributed by atoms with E-state index < -0.39 is 5.60 Å². The Morgan fingerprint density at radius 1 is 1.22 bits per heavy atom. The molecule has 2 aliphatic rings. The van der Waals surface area contributed by atoms with Crippen LogP contribution in [0.1, 0.15) is 39.3 Å². The summed E-state index contributed by atoms with van der Waals surface area (Å²) in [5.41, 5.74) is 0.666. The summed E-state index contributed by atoms with van der Waals surface area (Å²) in [6.07, 6.45) is 5.52.